The first-order valence-electron chi connectivity index (χ1n) is 7.66. The van der Waals surface area contributed by atoms with Crippen molar-refractivity contribution < 1.29 is 8.42 Å². The zero-order valence-corrected chi connectivity index (χ0v) is 14.9. The highest BCUT2D eigenvalue weighted by Crippen LogP contribution is 2.23. The Kier molecular flexibility index (Phi) is 5.08. The molecule has 124 valence electrons. The molecule has 0 saturated heterocycles. The van der Waals surface area contributed by atoms with Crippen LogP contribution >= 0.6 is 11.3 Å². The van der Waals surface area contributed by atoms with Gasteiger partial charge in [-0.2, -0.15) is 0 Å². The minimum Gasteiger partial charge on any atom is -0.255 e. The molecule has 1 N–H and O–H groups in total. The average Bonchev–Trinajstić information content (AvgIpc) is 3.15. The second-order valence-electron chi connectivity index (χ2n) is 5.35. The number of aryl methyl sites for hydroxylation is 1. The lowest BCUT2D eigenvalue weighted by molar-refractivity contribution is 0.581. The molecule has 2 aromatic heterocycles. The molecule has 2 heterocycles. The Bertz CT molecular complexity index is 902. The number of nitrogens with one attached hydrogen (secondary N) is 1. The lowest BCUT2D eigenvalue weighted by atomic mass is 10.2. The minimum atomic E-state index is -3.52. The number of hydrogen-bond donors (Lipinski definition) is 1. The largest absolute Gasteiger partial charge is 0.255 e. The van der Waals surface area contributed by atoms with Gasteiger partial charge < -0.3 is 0 Å². The van der Waals surface area contributed by atoms with Gasteiger partial charge in [0, 0.05) is 12.7 Å². The predicted octanol–water partition coefficient (Wildman–Crippen LogP) is 3.85. The molecule has 3 rings (SSSR count). The number of pyridine rings is 1. The van der Waals surface area contributed by atoms with Gasteiger partial charge in [0.25, 0.3) is 0 Å². The molecule has 24 heavy (non-hydrogen) atoms. The Morgan fingerprint density at radius 2 is 1.88 bits per heavy atom. The highest BCUT2D eigenvalue weighted by atomic mass is 32.2. The molecular formula is C18H18N2O2S2. The molecule has 0 amide bonds. The van der Waals surface area contributed by atoms with Crippen LogP contribution in [0.2, 0.25) is 0 Å². The first kappa shape index (κ1) is 16.8. The normalized spacial score (nSPS) is 11.5. The van der Waals surface area contributed by atoms with E-state index in [-0.39, 0.29) is 11.4 Å². The molecule has 1 aromatic carbocycles. The Hall–Kier alpha value is -2.02. The Labute approximate surface area is 146 Å². The summed E-state index contributed by atoms with van der Waals surface area (Å²) in [5.74, 6) is 0. The van der Waals surface area contributed by atoms with Crippen LogP contribution in [0.5, 0.6) is 0 Å². The van der Waals surface area contributed by atoms with E-state index in [9.17, 15) is 8.42 Å². The van der Waals surface area contributed by atoms with Crippen molar-refractivity contribution >= 4 is 21.4 Å². The molecule has 4 nitrogen and oxygen atoms in total. The smallest absolute Gasteiger partial charge is 0.240 e. The standard InChI is InChI=1S/C18H18N2O2S2/c1-2-14-5-7-16(8-6-14)24(21,22)20-13-15-9-10-19-17(12-15)18-4-3-11-23-18/h3-12,20H,2,13H2,1H3. The molecule has 0 aliphatic carbocycles. The van der Waals surface area contributed by atoms with Crippen molar-refractivity contribution in [2.75, 3.05) is 0 Å². The number of rotatable bonds is 6. The molecule has 3 aromatic rings. The van der Waals surface area contributed by atoms with E-state index in [0.717, 1.165) is 28.1 Å². The molecule has 0 radical (unpaired) electrons. The van der Waals surface area contributed by atoms with Crippen LogP contribution in [-0.2, 0) is 23.0 Å². The van der Waals surface area contributed by atoms with Crippen molar-refractivity contribution in [1.29, 1.82) is 0 Å². The highest BCUT2D eigenvalue weighted by molar-refractivity contribution is 7.89. The molecule has 0 aliphatic rings. The van der Waals surface area contributed by atoms with Gasteiger partial charge in [-0.1, -0.05) is 25.1 Å². The van der Waals surface area contributed by atoms with Gasteiger partial charge in [0.15, 0.2) is 0 Å². The van der Waals surface area contributed by atoms with Crippen LogP contribution in [0.1, 0.15) is 18.1 Å². The zero-order chi connectivity index (χ0) is 17.0. The van der Waals surface area contributed by atoms with Gasteiger partial charge >= 0.3 is 0 Å². The quantitative estimate of drug-likeness (QED) is 0.728. The van der Waals surface area contributed by atoms with Crippen molar-refractivity contribution in [2.24, 2.45) is 0 Å². The van der Waals surface area contributed by atoms with Crippen molar-refractivity contribution in [3.8, 4) is 10.6 Å². The molecule has 0 saturated carbocycles. The summed E-state index contributed by atoms with van der Waals surface area (Å²) in [4.78, 5) is 5.69. The summed E-state index contributed by atoms with van der Waals surface area (Å²) in [6, 6.07) is 14.7. The van der Waals surface area contributed by atoms with Gasteiger partial charge in [-0.3, -0.25) is 4.98 Å². The van der Waals surface area contributed by atoms with Crippen LogP contribution in [0.25, 0.3) is 10.6 Å². The summed E-state index contributed by atoms with van der Waals surface area (Å²) >= 11 is 1.61. The molecule has 0 aliphatic heterocycles. The lowest BCUT2D eigenvalue weighted by Crippen LogP contribution is -2.23. The van der Waals surface area contributed by atoms with E-state index in [1.165, 1.54) is 0 Å². The Morgan fingerprint density at radius 1 is 1.08 bits per heavy atom. The summed E-state index contributed by atoms with van der Waals surface area (Å²) in [6.07, 6.45) is 2.59. The highest BCUT2D eigenvalue weighted by Gasteiger charge is 2.13. The molecule has 0 atom stereocenters. The summed E-state index contributed by atoms with van der Waals surface area (Å²) in [5, 5.41) is 1.99. The van der Waals surface area contributed by atoms with Crippen molar-refractivity contribution in [3.05, 3.63) is 71.2 Å². The summed E-state index contributed by atoms with van der Waals surface area (Å²) in [6.45, 7) is 2.27. The predicted molar refractivity (Wildman–Crippen MR) is 97.4 cm³/mol. The SMILES string of the molecule is CCc1ccc(S(=O)(=O)NCc2ccnc(-c3cccs3)c2)cc1. The van der Waals surface area contributed by atoms with E-state index >= 15 is 0 Å². The van der Waals surface area contributed by atoms with Gasteiger partial charge in [0.1, 0.15) is 0 Å². The van der Waals surface area contributed by atoms with Crippen molar-refractivity contribution in [3.63, 3.8) is 0 Å². The van der Waals surface area contributed by atoms with E-state index in [1.807, 2.05) is 48.7 Å². The van der Waals surface area contributed by atoms with Crippen LogP contribution in [0.15, 0.2) is 65.0 Å². The van der Waals surface area contributed by atoms with Crippen LogP contribution < -0.4 is 4.72 Å². The summed E-state index contributed by atoms with van der Waals surface area (Å²) in [7, 11) is -3.52. The van der Waals surface area contributed by atoms with Crippen LogP contribution in [0.3, 0.4) is 0 Å². The second-order valence-corrected chi connectivity index (χ2v) is 8.06. The molecule has 0 fully saturated rings. The molecule has 0 unspecified atom stereocenters. The number of hydrogen-bond acceptors (Lipinski definition) is 4. The van der Waals surface area contributed by atoms with Crippen LogP contribution in [0.4, 0.5) is 0 Å². The summed E-state index contributed by atoms with van der Waals surface area (Å²) < 4.78 is 27.4. The van der Waals surface area contributed by atoms with E-state index in [0.29, 0.717) is 0 Å². The Balaban J connectivity index is 1.73. The molecular weight excluding hydrogens is 340 g/mol. The average molecular weight is 358 g/mol. The Morgan fingerprint density at radius 3 is 2.54 bits per heavy atom. The second kappa shape index (κ2) is 7.25. The monoisotopic (exact) mass is 358 g/mol. The van der Waals surface area contributed by atoms with Crippen LogP contribution in [-0.4, -0.2) is 13.4 Å². The third kappa shape index (κ3) is 3.90. The number of sulfonamides is 1. The number of thiophene rings is 1. The molecule has 6 heteroatoms. The fourth-order valence-electron chi connectivity index (χ4n) is 2.31. The van der Waals surface area contributed by atoms with Gasteiger partial charge in [-0.15, -0.1) is 11.3 Å². The first-order chi connectivity index (χ1) is 11.6. The topological polar surface area (TPSA) is 59.1 Å². The van der Waals surface area contributed by atoms with E-state index in [2.05, 4.69) is 9.71 Å². The van der Waals surface area contributed by atoms with E-state index in [1.54, 1.807) is 29.7 Å². The number of nitrogens with zero attached hydrogens (tertiary/aromatic N) is 1. The van der Waals surface area contributed by atoms with E-state index < -0.39 is 10.0 Å². The van der Waals surface area contributed by atoms with Gasteiger partial charge in [0.05, 0.1) is 15.5 Å². The maximum absolute atomic E-state index is 12.4. The minimum absolute atomic E-state index is 0.235. The number of aromatic nitrogens is 1. The molecule has 0 spiro atoms. The maximum atomic E-state index is 12.4. The van der Waals surface area contributed by atoms with Crippen molar-refractivity contribution in [1.82, 2.24) is 9.71 Å². The fraction of sp³-hybridized carbons (Fsp3) is 0.167. The van der Waals surface area contributed by atoms with Gasteiger partial charge in [-0.05, 0) is 53.3 Å². The molecule has 0 bridgehead atoms. The van der Waals surface area contributed by atoms with Gasteiger partial charge in [-0.25, -0.2) is 13.1 Å². The van der Waals surface area contributed by atoms with Gasteiger partial charge in [0.2, 0.25) is 10.0 Å². The van der Waals surface area contributed by atoms with Crippen LogP contribution in [0, 0.1) is 0 Å². The number of benzene rings is 1. The summed E-state index contributed by atoms with van der Waals surface area (Å²) in [5.41, 5.74) is 2.85. The lowest BCUT2D eigenvalue weighted by Gasteiger charge is -2.08. The van der Waals surface area contributed by atoms with Crippen molar-refractivity contribution in [2.45, 2.75) is 24.8 Å². The zero-order valence-electron chi connectivity index (χ0n) is 13.3. The third-order valence-electron chi connectivity index (χ3n) is 3.71. The fourth-order valence-corrected chi connectivity index (χ4v) is 4.02. The third-order valence-corrected chi connectivity index (χ3v) is 6.02. The maximum Gasteiger partial charge on any atom is 0.240 e. The first-order valence-corrected chi connectivity index (χ1v) is 10.0. The van der Waals surface area contributed by atoms with E-state index in [4.69, 9.17) is 0 Å².